The third-order valence-electron chi connectivity index (χ3n) is 2.23. The number of aromatic nitrogens is 2. The van der Waals surface area contributed by atoms with Crippen molar-refractivity contribution in [3.8, 4) is 0 Å². The van der Waals surface area contributed by atoms with Gasteiger partial charge < -0.3 is 10.0 Å². The van der Waals surface area contributed by atoms with E-state index in [0.717, 1.165) is 24.5 Å². The maximum absolute atomic E-state index is 9.34. The van der Waals surface area contributed by atoms with Crippen molar-refractivity contribution in [3.63, 3.8) is 0 Å². The van der Waals surface area contributed by atoms with Gasteiger partial charge >= 0.3 is 0 Å². The lowest BCUT2D eigenvalue weighted by molar-refractivity contribution is 0.198. The summed E-state index contributed by atoms with van der Waals surface area (Å²) < 4.78 is 0. The van der Waals surface area contributed by atoms with Gasteiger partial charge in [0.15, 0.2) is 0 Å². The van der Waals surface area contributed by atoms with E-state index < -0.39 is 0 Å². The zero-order valence-corrected chi connectivity index (χ0v) is 9.64. The van der Waals surface area contributed by atoms with Gasteiger partial charge in [0, 0.05) is 19.3 Å². The van der Waals surface area contributed by atoms with Crippen molar-refractivity contribution in [2.24, 2.45) is 0 Å². The van der Waals surface area contributed by atoms with Gasteiger partial charge in [0.1, 0.15) is 5.82 Å². The lowest BCUT2D eigenvalue weighted by Crippen LogP contribution is -2.22. The van der Waals surface area contributed by atoms with Crippen molar-refractivity contribution in [3.05, 3.63) is 18.1 Å². The standard InChI is InChI=1S/C9H13N3O.C2H6/c1-7-4-10-5-9(11-7)12-3-2-8(13)6-12;1-2/h4-5,8,13H,2-3,6H2,1H3;1-2H3. The molecule has 0 spiro atoms. The minimum Gasteiger partial charge on any atom is -0.391 e. The second-order valence-corrected chi connectivity index (χ2v) is 3.41. The zero-order chi connectivity index (χ0) is 11.3. The first-order chi connectivity index (χ1) is 7.25. The molecule has 1 unspecified atom stereocenters. The second kappa shape index (κ2) is 5.66. The molecule has 1 fully saturated rings. The maximum atomic E-state index is 9.34. The van der Waals surface area contributed by atoms with Crippen LogP contribution in [0.2, 0.25) is 0 Å². The minimum atomic E-state index is -0.206. The van der Waals surface area contributed by atoms with Gasteiger partial charge in [-0.3, -0.25) is 4.98 Å². The first-order valence-electron chi connectivity index (χ1n) is 5.47. The molecule has 1 N–H and O–H groups in total. The lowest BCUT2D eigenvalue weighted by atomic mass is 10.3. The minimum absolute atomic E-state index is 0.206. The third-order valence-corrected chi connectivity index (χ3v) is 2.23. The molecule has 0 amide bonds. The molecule has 0 aromatic carbocycles. The maximum Gasteiger partial charge on any atom is 0.147 e. The highest BCUT2D eigenvalue weighted by molar-refractivity contribution is 5.37. The number of anilines is 1. The fourth-order valence-corrected chi connectivity index (χ4v) is 1.55. The van der Waals surface area contributed by atoms with Crippen LogP contribution in [0.4, 0.5) is 5.82 Å². The molecule has 1 atom stereocenters. The molecular weight excluding hydrogens is 190 g/mol. The van der Waals surface area contributed by atoms with Crippen molar-refractivity contribution in [1.82, 2.24) is 9.97 Å². The van der Waals surface area contributed by atoms with Crippen LogP contribution >= 0.6 is 0 Å². The summed E-state index contributed by atoms with van der Waals surface area (Å²) >= 11 is 0. The van der Waals surface area contributed by atoms with E-state index in [1.54, 1.807) is 12.4 Å². The topological polar surface area (TPSA) is 49.2 Å². The Balaban J connectivity index is 0.000000531. The Kier molecular flexibility index (Phi) is 4.49. The Bertz CT molecular complexity index is 304. The van der Waals surface area contributed by atoms with Gasteiger partial charge in [-0.05, 0) is 13.3 Å². The molecular formula is C11H19N3O. The zero-order valence-electron chi connectivity index (χ0n) is 9.64. The van der Waals surface area contributed by atoms with Crippen LogP contribution in [-0.2, 0) is 0 Å². The molecule has 0 bridgehead atoms. The Hall–Kier alpha value is -1.16. The summed E-state index contributed by atoms with van der Waals surface area (Å²) in [6, 6.07) is 0. The van der Waals surface area contributed by atoms with Gasteiger partial charge in [-0.1, -0.05) is 13.8 Å². The summed E-state index contributed by atoms with van der Waals surface area (Å²) in [5, 5.41) is 9.34. The van der Waals surface area contributed by atoms with Crippen molar-refractivity contribution in [2.75, 3.05) is 18.0 Å². The molecule has 1 aliphatic rings. The molecule has 2 heterocycles. The van der Waals surface area contributed by atoms with Crippen LogP contribution in [0.25, 0.3) is 0 Å². The van der Waals surface area contributed by atoms with Crippen LogP contribution in [0, 0.1) is 6.92 Å². The molecule has 1 aromatic heterocycles. The SMILES string of the molecule is CC.Cc1cncc(N2CCC(O)C2)n1. The van der Waals surface area contributed by atoms with Gasteiger partial charge in [0.05, 0.1) is 18.0 Å². The molecule has 0 saturated carbocycles. The van der Waals surface area contributed by atoms with Crippen molar-refractivity contribution >= 4 is 5.82 Å². The van der Waals surface area contributed by atoms with Crippen LogP contribution in [-0.4, -0.2) is 34.3 Å². The summed E-state index contributed by atoms with van der Waals surface area (Å²) in [7, 11) is 0. The van der Waals surface area contributed by atoms with Gasteiger partial charge in [0.25, 0.3) is 0 Å². The number of hydrogen-bond acceptors (Lipinski definition) is 4. The number of aliphatic hydroxyl groups is 1. The number of nitrogens with zero attached hydrogens (tertiary/aromatic N) is 3. The monoisotopic (exact) mass is 209 g/mol. The molecule has 2 rings (SSSR count). The predicted molar refractivity (Wildman–Crippen MR) is 61.0 cm³/mol. The van der Waals surface area contributed by atoms with E-state index >= 15 is 0 Å². The Labute approximate surface area is 91.0 Å². The third kappa shape index (κ3) is 3.16. The molecule has 84 valence electrons. The molecule has 1 saturated heterocycles. The summed E-state index contributed by atoms with van der Waals surface area (Å²) in [6.07, 6.45) is 4.10. The van der Waals surface area contributed by atoms with E-state index in [-0.39, 0.29) is 6.10 Å². The van der Waals surface area contributed by atoms with Crippen LogP contribution in [0.1, 0.15) is 26.0 Å². The van der Waals surface area contributed by atoms with Crippen LogP contribution in [0.15, 0.2) is 12.4 Å². The normalized spacial score (nSPS) is 19.7. The van der Waals surface area contributed by atoms with E-state index in [9.17, 15) is 5.11 Å². The van der Waals surface area contributed by atoms with Gasteiger partial charge in [0.2, 0.25) is 0 Å². The second-order valence-electron chi connectivity index (χ2n) is 3.41. The Morgan fingerprint density at radius 3 is 2.67 bits per heavy atom. The van der Waals surface area contributed by atoms with Crippen LogP contribution in [0.3, 0.4) is 0 Å². The lowest BCUT2D eigenvalue weighted by Gasteiger charge is -2.15. The van der Waals surface area contributed by atoms with E-state index in [0.29, 0.717) is 6.54 Å². The molecule has 4 heteroatoms. The fourth-order valence-electron chi connectivity index (χ4n) is 1.55. The summed E-state index contributed by atoms with van der Waals surface area (Å²) in [6.45, 7) is 7.47. The van der Waals surface area contributed by atoms with E-state index in [1.807, 2.05) is 20.8 Å². The first kappa shape index (κ1) is 11.9. The summed E-state index contributed by atoms with van der Waals surface area (Å²) in [5.74, 6) is 0.872. The van der Waals surface area contributed by atoms with Crippen molar-refractivity contribution in [2.45, 2.75) is 33.3 Å². The highest BCUT2D eigenvalue weighted by atomic mass is 16.3. The van der Waals surface area contributed by atoms with E-state index in [4.69, 9.17) is 0 Å². The molecule has 15 heavy (non-hydrogen) atoms. The smallest absolute Gasteiger partial charge is 0.147 e. The number of aryl methyl sites for hydroxylation is 1. The summed E-state index contributed by atoms with van der Waals surface area (Å²) in [4.78, 5) is 10.5. The van der Waals surface area contributed by atoms with Crippen molar-refractivity contribution < 1.29 is 5.11 Å². The molecule has 1 aliphatic heterocycles. The molecule has 4 nitrogen and oxygen atoms in total. The predicted octanol–water partition coefficient (Wildman–Crippen LogP) is 1.38. The van der Waals surface area contributed by atoms with Crippen LogP contribution < -0.4 is 4.90 Å². The number of aliphatic hydroxyl groups excluding tert-OH is 1. The summed E-state index contributed by atoms with van der Waals surface area (Å²) in [5.41, 5.74) is 0.916. The quantitative estimate of drug-likeness (QED) is 0.759. The number of hydrogen-bond donors (Lipinski definition) is 1. The highest BCUT2D eigenvalue weighted by Gasteiger charge is 2.21. The largest absolute Gasteiger partial charge is 0.391 e. The number of rotatable bonds is 1. The average molecular weight is 209 g/mol. The number of β-amino-alcohol motifs (C(OH)–C–C–N with tert-alkyl or cyclic N) is 1. The van der Waals surface area contributed by atoms with E-state index in [1.165, 1.54) is 0 Å². The Morgan fingerprint density at radius 2 is 2.13 bits per heavy atom. The van der Waals surface area contributed by atoms with Gasteiger partial charge in [-0.15, -0.1) is 0 Å². The molecule has 0 radical (unpaired) electrons. The van der Waals surface area contributed by atoms with Gasteiger partial charge in [-0.25, -0.2) is 4.98 Å². The first-order valence-corrected chi connectivity index (χ1v) is 5.47. The highest BCUT2D eigenvalue weighted by Crippen LogP contribution is 2.16. The fraction of sp³-hybridized carbons (Fsp3) is 0.636. The average Bonchev–Trinajstić information content (AvgIpc) is 2.68. The molecule has 0 aliphatic carbocycles. The van der Waals surface area contributed by atoms with Crippen LogP contribution in [0.5, 0.6) is 0 Å². The van der Waals surface area contributed by atoms with Crippen molar-refractivity contribution in [1.29, 1.82) is 0 Å². The Morgan fingerprint density at radius 1 is 1.40 bits per heavy atom. The molecule has 1 aromatic rings. The van der Waals surface area contributed by atoms with E-state index in [2.05, 4.69) is 14.9 Å². The van der Waals surface area contributed by atoms with Gasteiger partial charge in [-0.2, -0.15) is 0 Å².